The lowest BCUT2D eigenvalue weighted by Gasteiger charge is -2.36. The van der Waals surface area contributed by atoms with Crippen molar-refractivity contribution in [3.63, 3.8) is 0 Å². The van der Waals surface area contributed by atoms with Gasteiger partial charge in [0.05, 0.1) is 20.4 Å². The molecule has 0 bridgehead atoms. The fourth-order valence-corrected chi connectivity index (χ4v) is 6.31. The lowest BCUT2D eigenvalue weighted by Crippen LogP contribution is -2.46. The highest BCUT2D eigenvalue weighted by molar-refractivity contribution is 6.89. The molecule has 1 aromatic carbocycles. The summed E-state index contributed by atoms with van der Waals surface area (Å²) >= 11 is 0. The van der Waals surface area contributed by atoms with E-state index >= 15 is 0 Å². The van der Waals surface area contributed by atoms with E-state index in [9.17, 15) is 23.2 Å². The fraction of sp³-hybridized carbons (Fsp3) is 0.462. The first-order valence-electron chi connectivity index (χ1n) is 12.3. The largest absolute Gasteiger partial charge is 0.481 e. The Morgan fingerprint density at radius 3 is 2.46 bits per heavy atom. The van der Waals surface area contributed by atoms with E-state index < -0.39 is 37.6 Å². The van der Waals surface area contributed by atoms with Crippen molar-refractivity contribution in [2.45, 2.75) is 64.4 Å². The number of methoxy groups -OCH3 is 1. The van der Waals surface area contributed by atoms with Crippen molar-refractivity contribution in [1.82, 2.24) is 9.88 Å². The normalized spacial score (nSPS) is 15.3. The van der Waals surface area contributed by atoms with Crippen molar-refractivity contribution in [3.05, 3.63) is 52.9 Å². The number of carboxylic acid groups (broad SMARTS) is 1. The number of nitrogens with one attached hydrogen (secondary N) is 1. The topological polar surface area (TPSA) is 109 Å². The molecule has 2 amide bonds. The van der Waals surface area contributed by atoms with Gasteiger partial charge in [-0.05, 0) is 24.6 Å². The van der Waals surface area contributed by atoms with Crippen LogP contribution < -0.4 is 10.5 Å². The van der Waals surface area contributed by atoms with Gasteiger partial charge in [-0.3, -0.25) is 19.4 Å². The molecule has 3 rings (SSSR count). The molecule has 0 spiro atoms. The van der Waals surface area contributed by atoms with Gasteiger partial charge in [0.1, 0.15) is 17.7 Å². The zero-order valence-electron chi connectivity index (χ0n) is 21.6. The Balaban J connectivity index is 1.94. The van der Waals surface area contributed by atoms with Crippen molar-refractivity contribution in [1.29, 1.82) is 0 Å². The maximum Gasteiger partial charge on any atom is 0.303 e. The third kappa shape index (κ3) is 6.58. The summed E-state index contributed by atoms with van der Waals surface area (Å²) in [6, 6.07) is 5.21. The third-order valence-electron chi connectivity index (χ3n) is 6.78. The lowest BCUT2D eigenvalue weighted by molar-refractivity contribution is -0.140. The average molecular weight is 534 g/mol. The number of hydrogen-bond acceptors (Lipinski definition) is 5. The molecule has 0 radical (unpaired) electrons. The van der Waals surface area contributed by atoms with Crippen LogP contribution in [0.15, 0.2) is 24.3 Å². The van der Waals surface area contributed by atoms with Crippen LogP contribution in [0.4, 0.5) is 14.5 Å². The van der Waals surface area contributed by atoms with E-state index in [0.717, 1.165) is 12.1 Å². The fourth-order valence-electron chi connectivity index (χ4n) is 4.52. The monoisotopic (exact) mass is 533 g/mol. The van der Waals surface area contributed by atoms with Gasteiger partial charge in [-0.15, -0.1) is 0 Å². The van der Waals surface area contributed by atoms with Crippen LogP contribution in [0.5, 0.6) is 0 Å². The summed E-state index contributed by atoms with van der Waals surface area (Å²) < 4.78 is 35.1. The second-order valence-corrected chi connectivity index (χ2v) is 14.8. The van der Waals surface area contributed by atoms with Crippen LogP contribution in [0.25, 0.3) is 0 Å². The molecule has 2 heterocycles. The molecule has 11 heteroatoms. The molecule has 0 aliphatic carbocycles. The van der Waals surface area contributed by atoms with Gasteiger partial charge in [0.25, 0.3) is 5.91 Å². The number of aliphatic carboxylic acids is 1. The number of amides is 2. The Morgan fingerprint density at radius 2 is 1.86 bits per heavy atom. The van der Waals surface area contributed by atoms with Crippen molar-refractivity contribution >= 4 is 36.7 Å². The molecule has 37 heavy (non-hydrogen) atoms. The van der Waals surface area contributed by atoms with E-state index in [1.54, 1.807) is 19.2 Å². The van der Waals surface area contributed by atoms with Crippen LogP contribution in [0.3, 0.4) is 0 Å². The standard InChI is InChI=1S/C26H33F2N3O5Si/c1-5-37(3,4)25-19(27)13-17(14-20(25)28)30-26(35)24-18-10-9-16(15-36-2)29-21(18)11-12-31(24)22(32)7-6-8-23(33)34/h9-10,13-14,24H,5-8,11-12,15H2,1-4H3,(H,30,35)(H,33,34)/t24-/m1/s1. The predicted molar refractivity (Wildman–Crippen MR) is 137 cm³/mol. The van der Waals surface area contributed by atoms with E-state index in [2.05, 4.69) is 10.3 Å². The van der Waals surface area contributed by atoms with Crippen molar-refractivity contribution in [2.24, 2.45) is 0 Å². The first-order valence-corrected chi connectivity index (χ1v) is 15.5. The predicted octanol–water partition coefficient (Wildman–Crippen LogP) is 3.76. The van der Waals surface area contributed by atoms with Gasteiger partial charge in [-0.2, -0.15) is 0 Å². The quantitative estimate of drug-likeness (QED) is 0.450. The molecule has 1 aliphatic heterocycles. The lowest BCUT2D eigenvalue weighted by atomic mass is 9.94. The number of benzene rings is 1. The Bertz CT molecular complexity index is 1170. The summed E-state index contributed by atoms with van der Waals surface area (Å²) in [5, 5.41) is 11.6. The maximum absolute atomic E-state index is 15.0. The molecule has 0 unspecified atom stereocenters. The van der Waals surface area contributed by atoms with Crippen LogP contribution in [-0.2, 0) is 32.1 Å². The summed E-state index contributed by atoms with van der Waals surface area (Å²) in [5.41, 5.74) is 1.77. The number of fused-ring (bicyclic) bond motifs is 1. The molecule has 2 N–H and O–H groups in total. The zero-order valence-corrected chi connectivity index (χ0v) is 22.6. The highest BCUT2D eigenvalue weighted by Gasteiger charge is 2.37. The number of carbonyl (C=O) groups excluding carboxylic acids is 2. The minimum atomic E-state index is -2.32. The van der Waals surface area contributed by atoms with Crippen molar-refractivity contribution in [2.75, 3.05) is 19.0 Å². The summed E-state index contributed by atoms with van der Waals surface area (Å²) in [6.07, 6.45) is 0.314. The van der Waals surface area contributed by atoms with Gasteiger partial charge in [-0.1, -0.05) is 32.1 Å². The van der Waals surface area contributed by atoms with Gasteiger partial charge in [-0.25, -0.2) is 8.78 Å². The molecule has 0 fully saturated rings. The van der Waals surface area contributed by atoms with Gasteiger partial charge in [0.2, 0.25) is 5.91 Å². The highest BCUT2D eigenvalue weighted by Crippen LogP contribution is 2.32. The third-order valence-corrected chi connectivity index (χ3v) is 10.4. The Labute approximate surface area is 216 Å². The number of ether oxygens (including phenoxy) is 1. The maximum atomic E-state index is 15.0. The SMILES string of the molecule is CC[Si](C)(C)c1c(F)cc(NC(=O)[C@H]2c3ccc(COC)nc3CCN2C(=O)CCCC(=O)O)cc1F. The van der Waals surface area contributed by atoms with E-state index in [1.165, 1.54) is 4.90 Å². The highest BCUT2D eigenvalue weighted by atomic mass is 28.3. The number of hydrogen-bond donors (Lipinski definition) is 2. The number of pyridine rings is 1. The van der Waals surface area contributed by atoms with E-state index in [-0.39, 0.29) is 49.2 Å². The van der Waals surface area contributed by atoms with E-state index in [1.807, 2.05) is 20.0 Å². The molecule has 0 saturated carbocycles. The first-order chi connectivity index (χ1) is 17.5. The Hall–Kier alpha value is -3.18. The number of rotatable bonds is 10. The molecule has 200 valence electrons. The second-order valence-electron chi connectivity index (χ2n) is 9.80. The summed E-state index contributed by atoms with van der Waals surface area (Å²) in [5.74, 6) is -3.43. The zero-order chi connectivity index (χ0) is 27.3. The van der Waals surface area contributed by atoms with Gasteiger partial charge < -0.3 is 20.1 Å². The smallest absolute Gasteiger partial charge is 0.303 e. The molecule has 8 nitrogen and oxygen atoms in total. The van der Waals surface area contributed by atoms with E-state index in [4.69, 9.17) is 9.84 Å². The Kier molecular flexibility index (Phi) is 9.14. The Morgan fingerprint density at radius 1 is 1.19 bits per heavy atom. The van der Waals surface area contributed by atoms with Crippen LogP contribution in [0.1, 0.15) is 49.2 Å². The van der Waals surface area contributed by atoms with Gasteiger partial charge in [0, 0.05) is 55.0 Å². The summed E-state index contributed by atoms with van der Waals surface area (Å²) in [4.78, 5) is 43.3. The number of aromatic nitrogens is 1. The molecule has 1 aromatic heterocycles. The number of carbonyl (C=O) groups is 3. The second kappa shape index (κ2) is 11.9. The first kappa shape index (κ1) is 28.4. The van der Waals surface area contributed by atoms with Crippen molar-refractivity contribution in [3.8, 4) is 0 Å². The minimum absolute atomic E-state index is 0.0426. The van der Waals surface area contributed by atoms with Gasteiger partial charge >= 0.3 is 5.97 Å². The summed E-state index contributed by atoms with van der Waals surface area (Å²) in [6.45, 7) is 6.13. The van der Waals surface area contributed by atoms with Crippen LogP contribution in [0, 0.1) is 11.6 Å². The van der Waals surface area contributed by atoms with Crippen LogP contribution in [-0.4, -0.2) is 54.5 Å². The van der Waals surface area contributed by atoms with Gasteiger partial charge in [0.15, 0.2) is 0 Å². The number of halogens is 2. The number of anilines is 1. The van der Waals surface area contributed by atoms with Crippen LogP contribution >= 0.6 is 0 Å². The summed E-state index contributed by atoms with van der Waals surface area (Å²) in [7, 11) is -0.776. The molecular formula is C26H33F2N3O5Si. The minimum Gasteiger partial charge on any atom is -0.481 e. The molecule has 1 atom stereocenters. The number of nitrogens with zero attached hydrogens (tertiary/aromatic N) is 2. The molecule has 2 aromatic rings. The molecule has 0 saturated heterocycles. The molecule has 1 aliphatic rings. The number of carboxylic acids is 1. The van der Waals surface area contributed by atoms with E-state index in [0.29, 0.717) is 29.4 Å². The van der Waals surface area contributed by atoms with Crippen LogP contribution in [0.2, 0.25) is 19.1 Å². The average Bonchev–Trinajstić information content (AvgIpc) is 2.82. The van der Waals surface area contributed by atoms with Crippen molar-refractivity contribution < 1.29 is 33.0 Å². The molecular weight excluding hydrogens is 500 g/mol.